The maximum Gasteiger partial charge on any atom is 0.106 e. The molecule has 0 saturated heterocycles. The maximum atomic E-state index is 5.75. The van der Waals surface area contributed by atoms with E-state index in [2.05, 4.69) is 15.9 Å². The van der Waals surface area contributed by atoms with E-state index in [0.717, 1.165) is 3.79 Å². The van der Waals surface area contributed by atoms with Crippen molar-refractivity contribution in [3.05, 3.63) is 20.8 Å². The molecule has 0 radical (unpaired) electrons. The van der Waals surface area contributed by atoms with Gasteiger partial charge in [0.25, 0.3) is 0 Å². The fraction of sp³-hybridized carbons (Fsp3) is 0.500. The SMILES string of the molecule is COC(c1ccc(Br)s1)C(C)N. The molecule has 2 unspecified atom stereocenters. The monoisotopic (exact) mass is 249 g/mol. The van der Waals surface area contributed by atoms with Crippen LogP contribution in [0.1, 0.15) is 17.9 Å². The molecule has 0 amide bonds. The molecule has 0 aliphatic heterocycles. The van der Waals surface area contributed by atoms with Crippen LogP contribution in [0.2, 0.25) is 0 Å². The predicted octanol–water partition coefficient (Wildman–Crippen LogP) is 2.55. The summed E-state index contributed by atoms with van der Waals surface area (Å²) in [6, 6.07) is 4.07. The van der Waals surface area contributed by atoms with E-state index in [0.29, 0.717) is 0 Å². The molecule has 1 rings (SSSR count). The normalized spacial score (nSPS) is 16.0. The first-order valence-electron chi connectivity index (χ1n) is 3.68. The van der Waals surface area contributed by atoms with E-state index in [1.54, 1.807) is 18.4 Å². The third-order valence-electron chi connectivity index (χ3n) is 1.61. The predicted molar refractivity (Wildman–Crippen MR) is 55.4 cm³/mol. The van der Waals surface area contributed by atoms with Gasteiger partial charge in [0, 0.05) is 18.0 Å². The summed E-state index contributed by atoms with van der Waals surface area (Å²) >= 11 is 5.06. The minimum atomic E-state index is 0.0151. The lowest BCUT2D eigenvalue weighted by Gasteiger charge is -2.16. The lowest BCUT2D eigenvalue weighted by Crippen LogP contribution is -2.25. The second-order valence-corrected chi connectivity index (χ2v) is 5.15. The molecule has 1 aromatic heterocycles. The van der Waals surface area contributed by atoms with Gasteiger partial charge in [-0.2, -0.15) is 0 Å². The zero-order chi connectivity index (χ0) is 9.14. The second-order valence-electron chi connectivity index (χ2n) is 2.66. The van der Waals surface area contributed by atoms with Crippen LogP contribution in [-0.4, -0.2) is 13.2 Å². The van der Waals surface area contributed by atoms with Crippen molar-refractivity contribution < 1.29 is 4.74 Å². The zero-order valence-corrected chi connectivity index (χ0v) is 9.48. The van der Waals surface area contributed by atoms with E-state index in [1.165, 1.54) is 4.88 Å². The first-order chi connectivity index (χ1) is 5.65. The van der Waals surface area contributed by atoms with E-state index in [4.69, 9.17) is 10.5 Å². The average molecular weight is 250 g/mol. The van der Waals surface area contributed by atoms with Crippen LogP contribution in [0.4, 0.5) is 0 Å². The lowest BCUT2D eigenvalue weighted by molar-refractivity contribution is 0.0882. The Labute approximate surface area is 84.9 Å². The molecular formula is C8H12BrNOS. The van der Waals surface area contributed by atoms with Crippen LogP contribution in [0.3, 0.4) is 0 Å². The van der Waals surface area contributed by atoms with E-state index >= 15 is 0 Å². The molecule has 0 saturated carbocycles. The van der Waals surface area contributed by atoms with Gasteiger partial charge in [0.1, 0.15) is 6.10 Å². The quantitative estimate of drug-likeness (QED) is 0.894. The van der Waals surface area contributed by atoms with Gasteiger partial charge in [-0.1, -0.05) is 0 Å². The Kier molecular flexibility index (Phi) is 3.71. The number of ether oxygens (including phenoxy) is 1. The van der Waals surface area contributed by atoms with Crippen molar-refractivity contribution in [1.82, 2.24) is 0 Å². The Balaban J connectivity index is 2.80. The molecule has 2 N–H and O–H groups in total. The summed E-state index contributed by atoms with van der Waals surface area (Å²) in [6.45, 7) is 1.95. The van der Waals surface area contributed by atoms with Gasteiger partial charge in [-0.15, -0.1) is 11.3 Å². The Morgan fingerprint density at radius 2 is 2.25 bits per heavy atom. The molecule has 0 fully saturated rings. The number of hydrogen-bond acceptors (Lipinski definition) is 3. The van der Waals surface area contributed by atoms with Crippen molar-refractivity contribution in [2.24, 2.45) is 5.73 Å². The van der Waals surface area contributed by atoms with Crippen LogP contribution in [-0.2, 0) is 4.74 Å². The molecular weight excluding hydrogens is 238 g/mol. The van der Waals surface area contributed by atoms with Crippen LogP contribution in [0.25, 0.3) is 0 Å². The number of hydrogen-bond donors (Lipinski definition) is 1. The molecule has 68 valence electrons. The largest absolute Gasteiger partial charge is 0.374 e. The van der Waals surface area contributed by atoms with Crippen molar-refractivity contribution in [1.29, 1.82) is 0 Å². The minimum absolute atomic E-state index is 0.0151. The molecule has 2 nitrogen and oxygen atoms in total. The maximum absolute atomic E-state index is 5.75. The number of rotatable bonds is 3. The van der Waals surface area contributed by atoms with Gasteiger partial charge in [0.2, 0.25) is 0 Å². The van der Waals surface area contributed by atoms with Crippen LogP contribution in [0.15, 0.2) is 15.9 Å². The van der Waals surface area contributed by atoms with E-state index in [9.17, 15) is 0 Å². The van der Waals surface area contributed by atoms with Crippen LogP contribution in [0.5, 0.6) is 0 Å². The van der Waals surface area contributed by atoms with E-state index in [1.807, 2.05) is 19.1 Å². The molecule has 12 heavy (non-hydrogen) atoms. The van der Waals surface area contributed by atoms with Gasteiger partial charge < -0.3 is 10.5 Å². The molecule has 2 atom stereocenters. The molecule has 4 heteroatoms. The van der Waals surface area contributed by atoms with E-state index in [-0.39, 0.29) is 12.1 Å². The average Bonchev–Trinajstić information content (AvgIpc) is 2.37. The summed E-state index contributed by atoms with van der Waals surface area (Å²) in [5.74, 6) is 0. The van der Waals surface area contributed by atoms with E-state index < -0.39 is 0 Å². The second kappa shape index (κ2) is 4.37. The number of thiophene rings is 1. The van der Waals surface area contributed by atoms with Gasteiger partial charge in [-0.3, -0.25) is 0 Å². The lowest BCUT2D eigenvalue weighted by atomic mass is 10.2. The van der Waals surface area contributed by atoms with Crippen LogP contribution < -0.4 is 5.73 Å². The summed E-state index contributed by atoms with van der Waals surface area (Å²) in [4.78, 5) is 1.17. The Hall–Kier alpha value is 0.1000. The molecule has 0 aromatic carbocycles. The third kappa shape index (κ3) is 2.29. The highest BCUT2D eigenvalue weighted by molar-refractivity contribution is 9.11. The summed E-state index contributed by atoms with van der Waals surface area (Å²) in [7, 11) is 1.68. The molecule has 0 spiro atoms. The first kappa shape index (κ1) is 10.2. The van der Waals surface area contributed by atoms with Crippen molar-refractivity contribution in [3.63, 3.8) is 0 Å². The first-order valence-corrected chi connectivity index (χ1v) is 5.29. The molecule has 1 heterocycles. The third-order valence-corrected chi connectivity index (χ3v) is 3.29. The van der Waals surface area contributed by atoms with Gasteiger partial charge in [0.15, 0.2) is 0 Å². The smallest absolute Gasteiger partial charge is 0.106 e. The number of methoxy groups -OCH3 is 1. The number of halogens is 1. The Morgan fingerprint density at radius 3 is 2.58 bits per heavy atom. The van der Waals surface area contributed by atoms with Gasteiger partial charge in [-0.05, 0) is 35.0 Å². The molecule has 1 aromatic rings. The van der Waals surface area contributed by atoms with Crippen molar-refractivity contribution in [2.75, 3.05) is 7.11 Å². The summed E-state index contributed by atoms with van der Waals surface area (Å²) < 4.78 is 6.39. The minimum Gasteiger partial charge on any atom is -0.374 e. The fourth-order valence-electron chi connectivity index (χ4n) is 1.07. The van der Waals surface area contributed by atoms with Crippen LogP contribution in [0, 0.1) is 0 Å². The van der Waals surface area contributed by atoms with Crippen molar-refractivity contribution in [2.45, 2.75) is 19.1 Å². The standard InChI is InChI=1S/C8H12BrNOS/c1-5(10)8(11-2)6-3-4-7(9)12-6/h3-5,8H,10H2,1-2H3. The topological polar surface area (TPSA) is 35.2 Å². The molecule has 0 aliphatic carbocycles. The summed E-state index contributed by atoms with van der Waals surface area (Å²) in [5, 5.41) is 0. The van der Waals surface area contributed by atoms with Crippen molar-refractivity contribution in [3.8, 4) is 0 Å². The van der Waals surface area contributed by atoms with Crippen molar-refractivity contribution >= 4 is 27.3 Å². The Bertz CT molecular complexity index is 249. The van der Waals surface area contributed by atoms with Gasteiger partial charge in [0.05, 0.1) is 3.79 Å². The summed E-state index contributed by atoms with van der Waals surface area (Å²) in [6.07, 6.45) is 0.0151. The highest BCUT2D eigenvalue weighted by atomic mass is 79.9. The molecule has 0 bridgehead atoms. The summed E-state index contributed by atoms with van der Waals surface area (Å²) in [5.41, 5.74) is 5.75. The fourth-order valence-corrected chi connectivity index (χ4v) is 2.69. The number of nitrogens with two attached hydrogens (primary N) is 1. The highest BCUT2D eigenvalue weighted by Gasteiger charge is 2.16. The molecule has 0 aliphatic rings. The zero-order valence-electron chi connectivity index (χ0n) is 7.08. The Morgan fingerprint density at radius 1 is 1.58 bits per heavy atom. The van der Waals surface area contributed by atoms with Crippen LogP contribution >= 0.6 is 27.3 Å². The highest BCUT2D eigenvalue weighted by Crippen LogP contribution is 2.30. The van der Waals surface area contributed by atoms with Gasteiger partial charge in [-0.25, -0.2) is 0 Å². The van der Waals surface area contributed by atoms with Gasteiger partial charge >= 0.3 is 0 Å².